The summed E-state index contributed by atoms with van der Waals surface area (Å²) in [6, 6.07) is 11.5. The number of carbonyl (C=O) groups excluding carboxylic acids is 1. The molecule has 0 unspecified atom stereocenters. The van der Waals surface area contributed by atoms with Gasteiger partial charge in [0.15, 0.2) is 5.76 Å². The molecule has 3 aromatic rings. The number of aryl methyl sites for hydroxylation is 3. The highest BCUT2D eigenvalue weighted by Crippen LogP contribution is 2.34. The van der Waals surface area contributed by atoms with Gasteiger partial charge in [0, 0.05) is 5.69 Å². The van der Waals surface area contributed by atoms with E-state index in [1.54, 1.807) is 12.1 Å². The second-order valence-corrected chi connectivity index (χ2v) is 6.53. The summed E-state index contributed by atoms with van der Waals surface area (Å²) in [5.41, 5.74) is 3.84. The predicted molar refractivity (Wildman–Crippen MR) is 106 cm³/mol. The van der Waals surface area contributed by atoms with Crippen molar-refractivity contribution >= 4 is 17.3 Å². The van der Waals surface area contributed by atoms with Gasteiger partial charge < -0.3 is 14.5 Å². The van der Waals surface area contributed by atoms with Crippen LogP contribution in [0.2, 0.25) is 0 Å². The Kier molecular flexibility index (Phi) is 5.17. The first-order valence-electron chi connectivity index (χ1n) is 8.62. The number of hydrogen-bond donors (Lipinski definition) is 1. The van der Waals surface area contributed by atoms with Crippen molar-refractivity contribution in [3.05, 3.63) is 75.0 Å². The normalized spacial score (nSPS) is 10.6. The number of methoxy groups -OCH3 is 1. The van der Waals surface area contributed by atoms with Crippen LogP contribution in [0, 0.1) is 30.9 Å². The van der Waals surface area contributed by atoms with Crippen molar-refractivity contribution in [2.75, 3.05) is 12.4 Å². The first kappa shape index (κ1) is 19.2. The van der Waals surface area contributed by atoms with E-state index in [1.165, 1.54) is 25.3 Å². The lowest BCUT2D eigenvalue weighted by Crippen LogP contribution is -2.13. The zero-order valence-electron chi connectivity index (χ0n) is 16.0. The van der Waals surface area contributed by atoms with Gasteiger partial charge in [-0.05, 0) is 56.2 Å². The van der Waals surface area contributed by atoms with E-state index in [1.807, 2.05) is 32.9 Å². The molecule has 1 N–H and O–H groups in total. The quantitative estimate of drug-likeness (QED) is 0.494. The summed E-state index contributed by atoms with van der Waals surface area (Å²) in [7, 11) is 1.43. The summed E-state index contributed by atoms with van der Waals surface area (Å²) < 4.78 is 10.7. The number of amides is 1. The van der Waals surface area contributed by atoms with Gasteiger partial charge in [-0.15, -0.1) is 0 Å². The lowest BCUT2D eigenvalue weighted by atomic mass is 10.1. The fraction of sp³-hybridized carbons (Fsp3) is 0.190. The van der Waals surface area contributed by atoms with E-state index in [9.17, 15) is 14.9 Å². The number of ether oxygens (including phenoxy) is 1. The molecule has 1 aromatic heterocycles. The maximum absolute atomic E-state index is 12.6. The molecule has 7 nitrogen and oxygen atoms in total. The summed E-state index contributed by atoms with van der Waals surface area (Å²) in [6.07, 6.45) is 0. The van der Waals surface area contributed by atoms with Crippen LogP contribution in [0.4, 0.5) is 11.4 Å². The highest BCUT2D eigenvalue weighted by atomic mass is 16.6. The Balaban J connectivity index is 1.91. The number of nitro groups is 1. The van der Waals surface area contributed by atoms with E-state index in [2.05, 4.69) is 5.32 Å². The Hall–Kier alpha value is -3.61. The van der Waals surface area contributed by atoms with Crippen LogP contribution in [0.1, 0.15) is 27.2 Å². The van der Waals surface area contributed by atoms with E-state index >= 15 is 0 Å². The molecule has 1 heterocycles. The van der Waals surface area contributed by atoms with Crippen LogP contribution in [0.3, 0.4) is 0 Å². The van der Waals surface area contributed by atoms with Gasteiger partial charge in [0.05, 0.1) is 23.7 Å². The minimum absolute atomic E-state index is 0.0690. The van der Waals surface area contributed by atoms with Crippen molar-refractivity contribution in [2.24, 2.45) is 0 Å². The fourth-order valence-electron chi connectivity index (χ4n) is 3.15. The van der Waals surface area contributed by atoms with Crippen LogP contribution >= 0.6 is 0 Å². The van der Waals surface area contributed by atoms with Crippen molar-refractivity contribution in [3.8, 4) is 17.1 Å². The highest BCUT2D eigenvalue weighted by Gasteiger charge is 2.21. The van der Waals surface area contributed by atoms with E-state index < -0.39 is 10.8 Å². The largest absolute Gasteiger partial charge is 0.497 e. The highest BCUT2D eigenvalue weighted by molar-refractivity contribution is 6.03. The molecule has 0 spiro atoms. The molecule has 1 amide bonds. The monoisotopic (exact) mass is 380 g/mol. The standard InChI is InChI=1S/C21H20N2O5/c1-12-9-13(2)20(14(3)10-12)22-21(24)19-8-7-18(28-19)16-6-5-15(27-4)11-17(16)23(25)26/h5-11H,1-4H3,(H,22,24). The molecule has 0 aliphatic carbocycles. The Labute approximate surface area is 162 Å². The van der Waals surface area contributed by atoms with Gasteiger partial charge >= 0.3 is 0 Å². The summed E-state index contributed by atoms with van der Waals surface area (Å²) in [5, 5.41) is 14.2. The predicted octanol–water partition coefficient (Wildman–Crippen LogP) is 5.04. The second kappa shape index (κ2) is 7.56. The number of nitrogens with zero attached hydrogens (tertiary/aromatic N) is 1. The van der Waals surface area contributed by atoms with Gasteiger partial charge in [0.1, 0.15) is 11.5 Å². The molecule has 7 heteroatoms. The summed E-state index contributed by atoms with van der Waals surface area (Å²) >= 11 is 0. The number of furan rings is 1. The molecule has 0 saturated carbocycles. The number of nitro benzene ring substituents is 1. The Bertz CT molecular complexity index is 1050. The van der Waals surface area contributed by atoms with Gasteiger partial charge in [0.25, 0.3) is 11.6 Å². The van der Waals surface area contributed by atoms with Crippen LogP contribution in [0.15, 0.2) is 46.9 Å². The van der Waals surface area contributed by atoms with Crippen LogP contribution in [0.5, 0.6) is 5.75 Å². The number of carbonyl (C=O) groups is 1. The van der Waals surface area contributed by atoms with E-state index in [-0.39, 0.29) is 22.8 Å². The van der Waals surface area contributed by atoms with Crippen molar-refractivity contribution in [1.82, 2.24) is 0 Å². The zero-order valence-corrected chi connectivity index (χ0v) is 16.0. The summed E-state index contributed by atoms with van der Waals surface area (Å²) in [5.74, 6) is 0.249. The number of hydrogen-bond acceptors (Lipinski definition) is 5. The maximum atomic E-state index is 12.6. The van der Waals surface area contributed by atoms with Gasteiger partial charge in [-0.3, -0.25) is 14.9 Å². The summed E-state index contributed by atoms with van der Waals surface area (Å²) in [4.78, 5) is 23.5. The van der Waals surface area contributed by atoms with Crippen LogP contribution in [-0.2, 0) is 0 Å². The minimum atomic E-state index is -0.515. The van der Waals surface area contributed by atoms with E-state index in [0.29, 0.717) is 5.75 Å². The second-order valence-electron chi connectivity index (χ2n) is 6.53. The van der Waals surface area contributed by atoms with E-state index in [0.717, 1.165) is 22.4 Å². The number of nitrogens with one attached hydrogen (secondary N) is 1. The molecular formula is C21H20N2O5. The molecule has 144 valence electrons. The minimum Gasteiger partial charge on any atom is -0.497 e. The van der Waals surface area contributed by atoms with Crippen molar-refractivity contribution in [2.45, 2.75) is 20.8 Å². The average molecular weight is 380 g/mol. The lowest BCUT2D eigenvalue weighted by molar-refractivity contribution is -0.384. The molecule has 0 radical (unpaired) electrons. The van der Waals surface area contributed by atoms with Crippen LogP contribution in [0.25, 0.3) is 11.3 Å². The molecule has 0 fully saturated rings. The summed E-state index contributed by atoms with van der Waals surface area (Å²) in [6.45, 7) is 5.83. The maximum Gasteiger partial charge on any atom is 0.291 e. The third kappa shape index (κ3) is 3.73. The molecule has 2 aromatic carbocycles. The topological polar surface area (TPSA) is 94.6 Å². The molecule has 3 rings (SSSR count). The molecule has 0 saturated heterocycles. The lowest BCUT2D eigenvalue weighted by Gasteiger charge is -2.11. The van der Waals surface area contributed by atoms with Crippen LogP contribution in [-0.4, -0.2) is 17.9 Å². The van der Waals surface area contributed by atoms with Crippen LogP contribution < -0.4 is 10.1 Å². The molecule has 0 aliphatic rings. The first-order chi connectivity index (χ1) is 13.3. The van der Waals surface area contributed by atoms with E-state index in [4.69, 9.17) is 9.15 Å². The average Bonchev–Trinajstić information content (AvgIpc) is 3.14. The Morgan fingerprint density at radius 3 is 2.36 bits per heavy atom. The van der Waals surface area contributed by atoms with Crippen molar-refractivity contribution < 1.29 is 18.9 Å². The van der Waals surface area contributed by atoms with Gasteiger partial charge in [-0.25, -0.2) is 0 Å². The van der Waals surface area contributed by atoms with Crippen molar-refractivity contribution in [3.63, 3.8) is 0 Å². The zero-order chi connectivity index (χ0) is 20.4. The third-order valence-electron chi connectivity index (χ3n) is 4.41. The molecular weight excluding hydrogens is 360 g/mol. The Morgan fingerprint density at radius 2 is 1.75 bits per heavy atom. The van der Waals surface area contributed by atoms with Crippen molar-refractivity contribution in [1.29, 1.82) is 0 Å². The number of benzene rings is 2. The molecule has 0 atom stereocenters. The molecule has 28 heavy (non-hydrogen) atoms. The number of anilines is 1. The SMILES string of the molecule is COc1ccc(-c2ccc(C(=O)Nc3c(C)cc(C)cc3C)o2)c([N+](=O)[O-])c1. The molecule has 0 bridgehead atoms. The third-order valence-corrected chi connectivity index (χ3v) is 4.41. The molecule has 0 aliphatic heterocycles. The van der Waals surface area contributed by atoms with Gasteiger partial charge in [0.2, 0.25) is 0 Å². The number of rotatable bonds is 5. The van der Waals surface area contributed by atoms with Gasteiger partial charge in [-0.1, -0.05) is 17.7 Å². The first-order valence-corrected chi connectivity index (χ1v) is 8.62. The van der Waals surface area contributed by atoms with Gasteiger partial charge in [-0.2, -0.15) is 0 Å². The Morgan fingerprint density at radius 1 is 1.07 bits per heavy atom. The smallest absolute Gasteiger partial charge is 0.291 e. The fourth-order valence-corrected chi connectivity index (χ4v) is 3.15.